The van der Waals surface area contributed by atoms with Gasteiger partial charge in [0.05, 0.1) is 15.7 Å². The number of nitrogens with two attached hydrogens (primary N) is 1. The Balaban J connectivity index is 2.95. The van der Waals surface area contributed by atoms with Crippen LogP contribution in [0.15, 0.2) is 21.6 Å². The van der Waals surface area contributed by atoms with Gasteiger partial charge in [0.15, 0.2) is 5.96 Å². The van der Waals surface area contributed by atoms with Crippen LogP contribution in [0.25, 0.3) is 0 Å². The third kappa shape index (κ3) is 3.54. The van der Waals surface area contributed by atoms with Crippen LogP contribution in [0.1, 0.15) is 13.8 Å². The second kappa shape index (κ2) is 5.75. The molecule has 0 saturated heterocycles. The first kappa shape index (κ1) is 13.6. The minimum Gasteiger partial charge on any atom is -0.370 e. The summed E-state index contributed by atoms with van der Waals surface area (Å²) >= 11 is 15.3. The summed E-state index contributed by atoms with van der Waals surface area (Å²) in [4.78, 5) is 4.14. The van der Waals surface area contributed by atoms with E-state index in [1.54, 1.807) is 12.1 Å². The molecule has 0 fully saturated rings. The highest BCUT2D eigenvalue weighted by Crippen LogP contribution is 2.35. The van der Waals surface area contributed by atoms with Crippen LogP contribution < -0.4 is 11.1 Å². The van der Waals surface area contributed by atoms with E-state index in [1.165, 1.54) is 0 Å². The molecule has 0 aliphatic heterocycles. The number of nitrogens with zero attached hydrogens (tertiary/aromatic N) is 1. The third-order valence-electron chi connectivity index (χ3n) is 1.70. The van der Waals surface area contributed by atoms with Gasteiger partial charge in [-0.25, -0.2) is 0 Å². The Labute approximate surface area is 113 Å². The number of aliphatic imine (C=N–C) groups is 1. The molecule has 88 valence electrons. The summed E-state index contributed by atoms with van der Waals surface area (Å²) in [6.45, 7) is 3.87. The van der Waals surface area contributed by atoms with E-state index in [-0.39, 0.29) is 6.04 Å². The van der Waals surface area contributed by atoms with E-state index in [4.69, 9.17) is 28.9 Å². The van der Waals surface area contributed by atoms with Gasteiger partial charge in [0.2, 0.25) is 0 Å². The molecular weight excluding hydrogens is 313 g/mol. The average Bonchev–Trinajstić information content (AvgIpc) is 2.18. The van der Waals surface area contributed by atoms with Gasteiger partial charge in [-0.1, -0.05) is 23.2 Å². The zero-order valence-corrected chi connectivity index (χ0v) is 12.0. The minimum absolute atomic E-state index is 0.122. The fourth-order valence-corrected chi connectivity index (χ4v) is 1.89. The van der Waals surface area contributed by atoms with Crippen LogP contribution in [-0.4, -0.2) is 12.0 Å². The summed E-state index contributed by atoms with van der Waals surface area (Å²) in [5.41, 5.74) is 6.33. The van der Waals surface area contributed by atoms with Gasteiger partial charge >= 0.3 is 0 Å². The molecule has 0 bridgehead atoms. The van der Waals surface area contributed by atoms with E-state index in [0.29, 0.717) is 21.7 Å². The minimum atomic E-state index is 0.122. The van der Waals surface area contributed by atoms with Crippen molar-refractivity contribution in [3.8, 4) is 0 Å². The SMILES string of the molecule is CC(C)N=C(N)Nc1ccc(Br)c(Cl)c1Cl. The molecule has 3 nitrogen and oxygen atoms in total. The summed E-state index contributed by atoms with van der Waals surface area (Å²) < 4.78 is 0.740. The molecule has 0 saturated carbocycles. The van der Waals surface area contributed by atoms with Gasteiger partial charge in [0.1, 0.15) is 0 Å². The van der Waals surface area contributed by atoms with E-state index in [0.717, 1.165) is 4.47 Å². The second-order valence-corrected chi connectivity index (χ2v) is 5.07. The first-order valence-corrected chi connectivity index (χ1v) is 6.20. The Morgan fingerprint density at radius 1 is 1.38 bits per heavy atom. The van der Waals surface area contributed by atoms with Gasteiger partial charge in [-0.15, -0.1) is 0 Å². The van der Waals surface area contributed by atoms with E-state index < -0.39 is 0 Å². The Bertz CT molecular complexity index is 419. The van der Waals surface area contributed by atoms with Crippen LogP contribution in [-0.2, 0) is 0 Å². The third-order valence-corrected chi connectivity index (χ3v) is 3.47. The summed E-state index contributed by atoms with van der Waals surface area (Å²) in [5.74, 6) is 0.315. The van der Waals surface area contributed by atoms with Crippen molar-refractivity contribution in [2.45, 2.75) is 19.9 Å². The lowest BCUT2D eigenvalue weighted by Gasteiger charge is -2.10. The average molecular weight is 325 g/mol. The number of benzene rings is 1. The van der Waals surface area contributed by atoms with Gasteiger partial charge < -0.3 is 11.1 Å². The molecule has 0 aromatic heterocycles. The molecule has 6 heteroatoms. The first-order chi connectivity index (χ1) is 7.41. The Hall–Kier alpha value is -0.450. The molecule has 1 aromatic rings. The summed E-state index contributed by atoms with van der Waals surface area (Å²) in [7, 11) is 0. The van der Waals surface area contributed by atoms with Crippen molar-refractivity contribution in [2.24, 2.45) is 10.7 Å². The van der Waals surface area contributed by atoms with Crippen molar-refractivity contribution in [2.75, 3.05) is 5.32 Å². The summed E-state index contributed by atoms with van der Waals surface area (Å²) in [6.07, 6.45) is 0. The van der Waals surface area contributed by atoms with Gasteiger partial charge in [0.25, 0.3) is 0 Å². The van der Waals surface area contributed by atoms with Crippen LogP contribution in [0, 0.1) is 0 Å². The lowest BCUT2D eigenvalue weighted by Crippen LogP contribution is -2.24. The molecule has 1 rings (SSSR count). The molecule has 1 aromatic carbocycles. The number of hydrogen-bond donors (Lipinski definition) is 2. The topological polar surface area (TPSA) is 50.4 Å². The van der Waals surface area contributed by atoms with Crippen molar-refractivity contribution in [1.29, 1.82) is 0 Å². The van der Waals surface area contributed by atoms with Crippen LogP contribution in [0.2, 0.25) is 10.0 Å². The summed E-state index contributed by atoms with van der Waals surface area (Å²) in [5, 5.41) is 3.76. The molecule has 0 amide bonds. The number of halogens is 3. The summed E-state index contributed by atoms with van der Waals surface area (Å²) in [6, 6.07) is 3.69. The predicted molar refractivity (Wildman–Crippen MR) is 74.5 cm³/mol. The largest absolute Gasteiger partial charge is 0.370 e. The Morgan fingerprint density at radius 3 is 2.56 bits per heavy atom. The molecule has 0 heterocycles. The smallest absolute Gasteiger partial charge is 0.193 e. The van der Waals surface area contributed by atoms with Crippen molar-refractivity contribution >= 4 is 50.8 Å². The molecule has 16 heavy (non-hydrogen) atoms. The normalized spacial score (nSPS) is 12.0. The second-order valence-electron chi connectivity index (χ2n) is 3.46. The van der Waals surface area contributed by atoms with Gasteiger partial charge in [-0.3, -0.25) is 4.99 Å². The molecule has 0 spiro atoms. The van der Waals surface area contributed by atoms with Crippen LogP contribution in [0.4, 0.5) is 5.69 Å². The fourth-order valence-electron chi connectivity index (χ4n) is 1.07. The highest BCUT2D eigenvalue weighted by Gasteiger charge is 2.08. The van der Waals surface area contributed by atoms with E-state index in [1.807, 2.05) is 13.8 Å². The molecule has 0 atom stereocenters. The molecule has 0 aliphatic carbocycles. The molecule has 3 N–H and O–H groups in total. The van der Waals surface area contributed by atoms with Crippen LogP contribution in [0.3, 0.4) is 0 Å². The monoisotopic (exact) mass is 323 g/mol. The van der Waals surface area contributed by atoms with Crippen molar-refractivity contribution < 1.29 is 0 Å². The maximum absolute atomic E-state index is 6.04. The zero-order valence-electron chi connectivity index (χ0n) is 8.89. The first-order valence-electron chi connectivity index (χ1n) is 4.65. The maximum Gasteiger partial charge on any atom is 0.193 e. The van der Waals surface area contributed by atoms with Gasteiger partial charge in [-0.05, 0) is 41.9 Å². The molecular formula is C10H12BrCl2N3. The van der Waals surface area contributed by atoms with E-state index in [9.17, 15) is 0 Å². The fraction of sp³-hybridized carbons (Fsp3) is 0.300. The lowest BCUT2D eigenvalue weighted by molar-refractivity contribution is 0.833. The number of hydrogen-bond acceptors (Lipinski definition) is 1. The highest BCUT2D eigenvalue weighted by atomic mass is 79.9. The molecule has 0 aliphatic rings. The quantitative estimate of drug-likeness (QED) is 0.492. The van der Waals surface area contributed by atoms with Crippen molar-refractivity contribution in [1.82, 2.24) is 0 Å². The van der Waals surface area contributed by atoms with E-state index >= 15 is 0 Å². The molecule has 0 unspecified atom stereocenters. The maximum atomic E-state index is 6.04. The number of rotatable bonds is 2. The zero-order chi connectivity index (χ0) is 12.3. The standard InChI is InChI=1S/C10H12BrCl2N3/c1-5(2)15-10(14)16-7-4-3-6(11)8(12)9(7)13/h3-5H,1-2H3,(H3,14,15,16). The predicted octanol–water partition coefficient (Wildman–Crippen LogP) is 3.89. The van der Waals surface area contributed by atoms with E-state index in [2.05, 4.69) is 26.2 Å². The Morgan fingerprint density at radius 2 is 2.00 bits per heavy atom. The number of guanidine groups is 1. The van der Waals surface area contributed by atoms with Crippen LogP contribution >= 0.6 is 39.1 Å². The highest BCUT2D eigenvalue weighted by molar-refractivity contribution is 9.10. The van der Waals surface area contributed by atoms with Crippen molar-refractivity contribution in [3.05, 3.63) is 26.7 Å². The molecule has 0 radical (unpaired) electrons. The Kier molecular flexibility index (Phi) is 4.89. The van der Waals surface area contributed by atoms with Gasteiger partial charge in [0, 0.05) is 10.5 Å². The van der Waals surface area contributed by atoms with Gasteiger partial charge in [-0.2, -0.15) is 0 Å². The number of nitrogens with one attached hydrogen (secondary N) is 1. The lowest BCUT2D eigenvalue weighted by atomic mass is 10.3. The van der Waals surface area contributed by atoms with Crippen LogP contribution in [0.5, 0.6) is 0 Å². The van der Waals surface area contributed by atoms with Crippen molar-refractivity contribution in [3.63, 3.8) is 0 Å². The number of anilines is 1.